The fourth-order valence-corrected chi connectivity index (χ4v) is 2.82. The molecule has 0 aromatic heterocycles. The third kappa shape index (κ3) is 3.80. The second-order valence-electron chi connectivity index (χ2n) is 6.67. The van der Waals surface area contributed by atoms with Crippen molar-refractivity contribution in [1.82, 2.24) is 5.32 Å². The SMILES string of the molecule is CNC1CCOCC1Cc1ccc(C(C)(C)C)cc1. The van der Waals surface area contributed by atoms with Gasteiger partial charge in [-0.1, -0.05) is 45.0 Å². The van der Waals surface area contributed by atoms with Gasteiger partial charge in [-0.15, -0.1) is 0 Å². The predicted molar refractivity (Wildman–Crippen MR) is 80.6 cm³/mol. The van der Waals surface area contributed by atoms with Crippen molar-refractivity contribution in [3.63, 3.8) is 0 Å². The van der Waals surface area contributed by atoms with Gasteiger partial charge in [0.15, 0.2) is 0 Å². The molecule has 0 saturated carbocycles. The number of hydrogen-bond donors (Lipinski definition) is 1. The van der Waals surface area contributed by atoms with E-state index in [1.54, 1.807) is 0 Å². The number of hydrogen-bond acceptors (Lipinski definition) is 2. The normalized spacial score (nSPS) is 24.4. The molecule has 1 heterocycles. The van der Waals surface area contributed by atoms with E-state index in [1.165, 1.54) is 11.1 Å². The van der Waals surface area contributed by atoms with E-state index in [4.69, 9.17) is 4.74 Å². The van der Waals surface area contributed by atoms with Crippen LogP contribution in [0.2, 0.25) is 0 Å². The first-order valence-corrected chi connectivity index (χ1v) is 7.35. The van der Waals surface area contributed by atoms with Crippen molar-refractivity contribution in [2.24, 2.45) is 5.92 Å². The van der Waals surface area contributed by atoms with Crippen LogP contribution < -0.4 is 5.32 Å². The highest BCUT2D eigenvalue weighted by molar-refractivity contribution is 5.27. The Balaban J connectivity index is 2.02. The van der Waals surface area contributed by atoms with Crippen molar-refractivity contribution in [2.45, 2.75) is 45.1 Å². The quantitative estimate of drug-likeness (QED) is 0.902. The van der Waals surface area contributed by atoms with Gasteiger partial charge in [0.25, 0.3) is 0 Å². The van der Waals surface area contributed by atoms with Gasteiger partial charge in [0, 0.05) is 18.6 Å². The summed E-state index contributed by atoms with van der Waals surface area (Å²) in [6, 6.07) is 9.70. The zero-order valence-corrected chi connectivity index (χ0v) is 12.7. The lowest BCUT2D eigenvalue weighted by Gasteiger charge is -2.31. The minimum atomic E-state index is 0.236. The predicted octanol–water partition coefficient (Wildman–Crippen LogP) is 3.15. The average Bonchev–Trinajstić information content (AvgIpc) is 2.39. The standard InChI is InChI=1S/C17H27NO/c1-17(2,3)15-7-5-13(6-8-15)11-14-12-19-10-9-16(14)18-4/h5-8,14,16,18H,9-12H2,1-4H3. The maximum atomic E-state index is 5.62. The number of ether oxygens (including phenoxy) is 1. The fourth-order valence-electron chi connectivity index (χ4n) is 2.82. The summed E-state index contributed by atoms with van der Waals surface area (Å²) < 4.78 is 5.62. The molecule has 19 heavy (non-hydrogen) atoms. The van der Waals surface area contributed by atoms with E-state index in [1.807, 2.05) is 0 Å². The van der Waals surface area contributed by atoms with Gasteiger partial charge in [-0.3, -0.25) is 0 Å². The van der Waals surface area contributed by atoms with Crippen LogP contribution in [0.1, 0.15) is 38.3 Å². The first-order chi connectivity index (χ1) is 9.00. The van der Waals surface area contributed by atoms with Crippen molar-refractivity contribution in [1.29, 1.82) is 0 Å². The topological polar surface area (TPSA) is 21.3 Å². The molecule has 2 nitrogen and oxygen atoms in total. The Hall–Kier alpha value is -0.860. The molecule has 1 fully saturated rings. The van der Waals surface area contributed by atoms with Crippen molar-refractivity contribution in [3.8, 4) is 0 Å². The molecule has 2 atom stereocenters. The first kappa shape index (κ1) is 14.5. The molecule has 106 valence electrons. The van der Waals surface area contributed by atoms with Crippen LogP contribution in [0.15, 0.2) is 24.3 Å². The lowest BCUT2D eigenvalue weighted by Crippen LogP contribution is -2.41. The van der Waals surface area contributed by atoms with Crippen molar-refractivity contribution < 1.29 is 4.74 Å². The first-order valence-electron chi connectivity index (χ1n) is 7.35. The smallest absolute Gasteiger partial charge is 0.0512 e. The van der Waals surface area contributed by atoms with Gasteiger partial charge in [0.1, 0.15) is 0 Å². The molecular formula is C17H27NO. The summed E-state index contributed by atoms with van der Waals surface area (Å²) in [6.07, 6.45) is 2.23. The van der Waals surface area contributed by atoms with Crippen LogP contribution in [-0.4, -0.2) is 26.3 Å². The lowest BCUT2D eigenvalue weighted by atomic mass is 9.85. The minimum absolute atomic E-state index is 0.236. The molecule has 1 N–H and O–H groups in total. The van der Waals surface area contributed by atoms with E-state index in [9.17, 15) is 0 Å². The molecule has 1 aliphatic rings. The van der Waals surface area contributed by atoms with Gasteiger partial charge in [0.05, 0.1) is 6.61 Å². The molecule has 2 heteroatoms. The Labute approximate surface area is 117 Å². The molecule has 1 aromatic carbocycles. The van der Waals surface area contributed by atoms with Crippen LogP contribution in [0.25, 0.3) is 0 Å². The highest BCUT2D eigenvalue weighted by Gasteiger charge is 2.24. The molecule has 0 amide bonds. The lowest BCUT2D eigenvalue weighted by molar-refractivity contribution is 0.0342. The summed E-state index contributed by atoms with van der Waals surface area (Å²) in [6.45, 7) is 8.55. The van der Waals surface area contributed by atoms with Crippen molar-refractivity contribution in [2.75, 3.05) is 20.3 Å². The molecule has 1 aliphatic heterocycles. The number of benzene rings is 1. The van der Waals surface area contributed by atoms with Gasteiger partial charge in [-0.25, -0.2) is 0 Å². The summed E-state index contributed by atoms with van der Waals surface area (Å²) in [5.41, 5.74) is 3.06. The fraction of sp³-hybridized carbons (Fsp3) is 0.647. The Morgan fingerprint density at radius 2 is 1.89 bits per heavy atom. The van der Waals surface area contributed by atoms with Crippen LogP contribution in [0.4, 0.5) is 0 Å². The average molecular weight is 261 g/mol. The van der Waals surface area contributed by atoms with E-state index in [2.05, 4.69) is 57.4 Å². The molecule has 2 rings (SSSR count). The number of nitrogens with one attached hydrogen (secondary N) is 1. The van der Waals surface area contributed by atoms with Gasteiger partial charge in [0.2, 0.25) is 0 Å². The summed E-state index contributed by atoms with van der Waals surface area (Å²) in [5.74, 6) is 0.597. The van der Waals surface area contributed by atoms with Crippen molar-refractivity contribution >= 4 is 0 Å². The Bertz CT molecular complexity index is 391. The van der Waals surface area contributed by atoms with Gasteiger partial charge in [-0.2, -0.15) is 0 Å². The summed E-state index contributed by atoms with van der Waals surface area (Å²) >= 11 is 0. The van der Waals surface area contributed by atoms with Gasteiger partial charge in [-0.05, 0) is 36.4 Å². The molecule has 0 bridgehead atoms. The summed E-state index contributed by atoms with van der Waals surface area (Å²) in [4.78, 5) is 0. The third-order valence-corrected chi connectivity index (χ3v) is 4.16. The Kier molecular flexibility index (Phi) is 4.64. The Morgan fingerprint density at radius 1 is 1.21 bits per heavy atom. The molecular weight excluding hydrogens is 234 g/mol. The minimum Gasteiger partial charge on any atom is -0.381 e. The highest BCUT2D eigenvalue weighted by atomic mass is 16.5. The van der Waals surface area contributed by atoms with Crippen LogP contribution >= 0.6 is 0 Å². The van der Waals surface area contributed by atoms with Crippen LogP contribution in [0.5, 0.6) is 0 Å². The molecule has 2 unspecified atom stereocenters. The maximum Gasteiger partial charge on any atom is 0.0512 e. The zero-order chi connectivity index (χ0) is 13.9. The van der Waals surface area contributed by atoms with E-state index in [0.29, 0.717) is 12.0 Å². The largest absolute Gasteiger partial charge is 0.381 e. The van der Waals surface area contributed by atoms with E-state index in [0.717, 1.165) is 26.1 Å². The zero-order valence-electron chi connectivity index (χ0n) is 12.7. The summed E-state index contributed by atoms with van der Waals surface area (Å²) in [5, 5.41) is 3.43. The second kappa shape index (κ2) is 6.06. The highest BCUT2D eigenvalue weighted by Crippen LogP contribution is 2.24. The molecule has 1 saturated heterocycles. The molecule has 0 aliphatic carbocycles. The summed E-state index contributed by atoms with van der Waals surface area (Å²) in [7, 11) is 2.06. The van der Waals surface area contributed by atoms with Crippen molar-refractivity contribution in [3.05, 3.63) is 35.4 Å². The van der Waals surface area contributed by atoms with Crippen LogP contribution in [-0.2, 0) is 16.6 Å². The molecule has 0 spiro atoms. The van der Waals surface area contributed by atoms with Crippen LogP contribution in [0.3, 0.4) is 0 Å². The second-order valence-corrected chi connectivity index (χ2v) is 6.67. The molecule has 1 aromatic rings. The molecule has 0 radical (unpaired) electrons. The van der Waals surface area contributed by atoms with Gasteiger partial charge < -0.3 is 10.1 Å². The van der Waals surface area contributed by atoms with Crippen LogP contribution in [0, 0.1) is 5.92 Å². The van der Waals surface area contributed by atoms with E-state index in [-0.39, 0.29) is 5.41 Å². The van der Waals surface area contributed by atoms with Gasteiger partial charge >= 0.3 is 0 Å². The Morgan fingerprint density at radius 3 is 2.47 bits per heavy atom. The third-order valence-electron chi connectivity index (χ3n) is 4.16. The maximum absolute atomic E-state index is 5.62. The monoisotopic (exact) mass is 261 g/mol. The van der Waals surface area contributed by atoms with E-state index >= 15 is 0 Å². The number of rotatable bonds is 3. The van der Waals surface area contributed by atoms with E-state index < -0.39 is 0 Å².